The molecule has 0 aromatic heterocycles. The van der Waals surface area contributed by atoms with E-state index in [0.29, 0.717) is 19.5 Å². The van der Waals surface area contributed by atoms with Gasteiger partial charge in [-0.1, -0.05) is 13.8 Å². The lowest BCUT2D eigenvalue weighted by atomic mass is 9.92. The number of ether oxygens (including phenoxy) is 1. The molecule has 0 bridgehead atoms. The Hall–Kier alpha value is -1.59. The predicted octanol–water partition coefficient (Wildman–Crippen LogP) is 0.755. The molecule has 0 saturated carbocycles. The molecule has 6 heteroatoms. The lowest BCUT2D eigenvalue weighted by Gasteiger charge is -2.33. The van der Waals surface area contributed by atoms with Crippen molar-refractivity contribution in [3.63, 3.8) is 0 Å². The molecule has 6 nitrogen and oxygen atoms in total. The van der Waals surface area contributed by atoms with Crippen LogP contribution in [0, 0.1) is 17.8 Å². The van der Waals surface area contributed by atoms with E-state index in [2.05, 4.69) is 0 Å². The van der Waals surface area contributed by atoms with E-state index in [4.69, 9.17) is 9.84 Å². The number of rotatable bonds is 4. The largest absolute Gasteiger partial charge is 0.481 e. The number of aliphatic carboxylic acids is 1. The second-order valence-electron chi connectivity index (χ2n) is 5.06. The number of likely N-dealkylation sites (tertiary alicyclic amines) is 1. The molecule has 1 heterocycles. The van der Waals surface area contributed by atoms with Crippen LogP contribution in [-0.2, 0) is 19.1 Å². The summed E-state index contributed by atoms with van der Waals surface area (Å²) in [7, 11) is 1.33. The number of esters is 1. The molecule has 1 amide bonds. The summed E-state index contributed by atoms with van der Waals surface area (Å²) >= 11 is 0. The fourth-order valence-corrected chi connectivity index (χ4v) is 2.25. The first-order valence-corrected chi connectivity index (χ1v) is 6.47. The van der Waals surface area contributed by atoms with Crippen LogP contribution in [0.15, 0.2) is 0 Å². The zero-order valence-corrected chi connectivity index (χ0v) is 11.6. The number of carboxylic acid groups (broad SMARTS) is 1. The average molecular weight is 271 g/mol. The Labute approximate surface area is 112 Å². The minimum Gasteiger partial charge on any atom is -0.481 e. The Morgan fingerprint density at radius 2 is 1.89 bits per heavy atom. The number of hydrogen-bond acceptors (Lipinski definition) is 4. The van der Waals surface area contributed by atoms with Crippen molar-refractivity contribution in [2.75, 3.05) is 20.2 Å². The lowest BCUT2D eigenvalue weighted by Crippen LogP contribution is -2.46. The fraction of sp³-hybridized carbons (Fsp3) is 0.769. The Morgan fingerprint density at radius 3 is 2.42 bits per heavy atom. The molecule has 1 fully saturated rings. The number of hydrogen-bond donors (Lipinski definition) is 1. The highest BCUT2D eigenvalue weighted by molar-refractivity contribution is 5.85. The molecule has 1 rings (SSSR count). The molecule has 0 radical (unpaired) electrons. The number of carbonyl (C=O) groups excluding carboxylic acids is 2. The monoisotopic (exact) mass is 271 g/mol. The zero-order chi connectivity index (χ0) is 14.6. The Bertz CT molecular complexity index is 368. The SMILES string of the molecule is COC(=O)C1CCCN(C(=O)C(C)C(C)C(=O)O)C1. The van der Waals surface area contributed by atoms with Gasteiger partial charge in [-0.15, -0.1) is 0 Å². The van der Waals surface area contributed by atoms with Crippen molar-refractivity contribution >= 4 is 17.8 Å². The van der Waals surface area contributed by atoms with Gasteiger partial charge in [0.25, 0.3) is 0 Å². The maximum absolute atomic E-state index is 12.2. The van der Waals surface area contributed by atoms with Crippen LogP contribution in [-0.4, -0.2) is 48.1 Å². The summed E-state index contributed by atoms with van der Waals surface area (Å²) in [5, 5.41) is 8.93. The molecular formula is C13H21NO5. The van der Waals surface area contributed by atoms with Gasteiger partial charge in [0.15, 0.2) is 0 Å². The second-order valence-corrected chi connectivity index (χ2v) is 5.06. The Balaban J connectivity index is 2.66. The number of piperidine rings is 1. The highest BCUT2D eigenvalue weighted by Gasteiger charge is 2.34. The van der Waals surface area contributed by atoms with Crippen LogP contribution in [0.3, 0.4) is 0 Å². The van der Waals surface area contributed by atoms with Crippen LogP contribution >= 0.6 is 0 Å². The van der Waals surface area contributed by atoms with Crippen LogP contribution in [0.1, 0.15) is 26.7 Å². The van der Waals surface area contributed by atoms with Crippen LogP contribution < -0.4 is 0 Å². The van der Waals surface area contributed by atoms with Crippen molar-refractivity contribution in [3.8, 4) is 0 Å². The summed E-state index contributed by atoms with van der Waals surface area (Å²) in [5.74, 6) is -3.11. The van der Waals surface area contributed by atoms with Crippen LogP contribution in [0.2, 0.25) is 0 Å². The number of methoxy groups -OCH3 is 1. The van der Waals surface area contributed by atoms with Crippen LogP contribution in [0.4, 0.5) is 0 Å². The summed E-state index contributed by atoms with van der Waals surface area (Å²) in [6.07, 6.45) is 1.44. The summed E-state index contributed by atoms with van der Waals surface area (Å²) in [4.78, 5) is 36.2. The van der Waals surface area contributed by atoms with Gasteiger partial charge in [-0.3, -0.25) is 14.4 Å². The minimum absolute atomic E-state index is 0.205. The van der Waals surface area contributed by atoms with E-state index in [1.807, 2.05) is 0 Å². The van der Waals surface area contributed by atoms with Gasteiger partial charge in [-0.25, -0.2) is 0 Å². The Morgan fingerprint density at radius 1 is 1.26 bits per heavy atom. The number of carboxylic acids is 1. The first kappa shape index (κ1) is 15.5. The average Bonchev–Trinajstić information content (AvgIpc) is 2.43. The fourth-order valence-electron chi connectivity index (χ4n) is 2.25. The molecule has 1 N–H and O–H groups in total. The quantitative estimate of drug-likeness (QED) is 0.763. The van der Waals surface area contributed by atoms with Crippen molar-refractivity contribution in [1.29, 1.82) is 0 Å². The maximum Gasteiger partial charge on any atom is 0.310 e. The van der Waals surface area contributed by atoms with Crippen molar-refractivity contribution in [2.24, 2.45) is 17.8 Å². The van der Waals surface area contributed by atoms with Crippen molar-refractivity contribution in [3.05, 3.63) is 0 Å². The molecule has 3 unspecified atom stereocenters. The van der Waals surface area contributed by atoms with Crippen molar-refractivity contribution in [2.45, 2.75) is 26.7 Å². The molecule has 0 aromatic rings. The summed E-state index contributed by atoms with van der Waals surface area (Å²) in [6.45, 7) is 4.03. The summed E-state index contributed by atoms with van der Waals surface area (Å²) in [5.41, 5.74) is 0. The van der Waals surface area contributed by atoms with Gasteiger partial charge in [0.2, 0.25) is 5.91 Å². The molecule has 1 aliphatic rings. The number of nitrogens with zero attached hydrogens (tertiary/aromatic N) is 1. The van der Waals surface area contributed by atoms with Crippen LogP contribution in [0.25, 0.3) is 0 Å². The molecule has 0 aliphatic carbocycles. The van der Waals surface area contributed by atoms with Gasteiger partial charge in [0, 0.05) is 19.0 Å². The second kappa shape index (κ2) is 6.54. The topological polar surface area (TPSA) is 83.9 Å². The third-order valence-electron chi connectivity index (χ3n) is 3.80. The number of carbonyl (C=O) groups is 3. The van der Waals surface area contributed by atoms with Gasteiger partial charge in [-0.2, -0.15) is 0 Å². The van der Waals surface area contributed by atoms with Gasteiger partial charge in [0.05, 0.1) is 18.9 Å². The van der Waals surface area contributed by atoms with E-state index in [9.17, 15) is 14.4 Å². The van der Waals surface area contributed by atoms with Crippen LogP contribution in [0.5, 0.6) is 0 Å². The lowest BCUT2D eigenvalue weighted by molar-refractivity contribution is -0.153. The minimum atomic E-state index is -0.984. The molecule has 0 spiro atoms. The summed E-state index contributed by atoms with van der Waals surface area (Å²) < 4.78 is 4.69. The standard InChI is InChI=1S/C13H21NO5/c1-8(9(2)12(16)17)11(15)14-6-4-5-10(7-14)13(18)19-3/h8-10H,4-7H2,1-3H3,(H,16,17). The van der Waals surface area contributed by atoms with E-state index in [0.717, 1.165) is 6.42 Å². The molecule has 0 aromatic carbocycles. The summed E-state index contributed by atoms with van der Waals surface area (Å²) in [6, 6.07) is 0. The molecule has 1 aliphatic heterocycles. The van der Waals surface area contributed by atoms with Gasteiger partial charge >= 0.3 is 11.9 Å². The highest BCUT2D eigenvalue weighted by Crippen LogP contribution is 2.22. The first-order chi connectivity index (χ1) is 8.88. The van der Waals surface area contributed by atoms with E-state index in [-0.39, 0.29) is 17.8 Å². The van der Waals surface area contributed by atoms with Gasteiger partial charge in [0.1, 0.15) is 0 Å². The normalized spacial score (nSPS) is 22.5. The smallest absolute Gasteiger partial charge is 0.310 e. The Kier molecular flexibility index (Phi) is 5.32. The van der Waals surface area contributed by atoms with E-state index in [1.165, 1.54) is 14.0 Å². The van der Waals surface area contributed by atoms with Gasteiger partial charge < -0.3 is 14.7 Å². The molecule has 1 saturated heterocycles. The van der Waals surface area contributed by atoms with Gasteiger partial charge in [-0.05, 0) is 12.8 Å². The van der Waals surface area contributed by atoms with Crippen molar-refractivity contribution < 1.29 is 24.2 Å². The van der Waals surface area contributed by atoms with E-state index in [1.54, 1.807) is 11.8 Å². The van der Waals surface area contributed by atoms with E-state index >= 15 is 0 Å². The molecule has 3 atom stereocenters. The predicted molar refractivity (Wildman–Crippen MR) is 67.3 cm³/mol. The third-order valence-corrected chi connectivity index (χ3v) is 3.80. The molecule has 108 valence electrons. The molecular weight excluding hydrogens is 250 g/mol. The number of amides is 1. The first-order valence-electron chi connectivity index (χ1n) is 6.47. The van der Waals surface area contributed by atoms with E-state index < -0.39 is 17.8 Å². The zero-order valence-electron chi connectivity index (χ0n) is 11.6. The van der Waals surface area contributed by atoms with Crippen molar-refractivity contribution in [1.82, 2.24) is 4.90 Å². The maximum atomic E-state index is 12.2. The highest BCUT2D eigenvalue weighted by atomic mass is 16.5. The third kappa shape index (κ3) is 3.68. The molecule has 19 heavy (non-hydrogen) atoms.